The fourth-order valence-corrected chi connectivity index (χ4v) is 2.67. The van der Waals surface area contributed by atoms with E-state index < -0.39 is 11.7 Å². The Morgan fingerprint density at radius 2 is 2.16 bits per heavy atom. The molecule has 4 nitrogen and oxygen atoms in total. The van der Waals surface area contributed by atoms with Crippen molar-refractivity contribution < 1.29 is 14.3 Å². The maximum absolute atomic E-state index is 13.1. The highest BCUT2D eigenvalue weighted by Crippen LogP contribution is 2.28. The molecule has 0 aromatic heterocycles. The van der Waals surface area contributed by atoms with Crippen molar-refractivity contribution in [2.45, 2.75) is 31.7 Å². The zero-order chi connectivity index (χ0) is 13.8. The maximum Gasteiger partial charge on any atom is 0.255 e. The molecule has 1 aliphatic carbocycles. The fraction of sp³-hybridized carbons (Fsp3) is 0.500. The monoisotopic (exact) mass is 266 g/mol. The number of amides is 1. The smallest absolute Gasteiger partial charge is 0.255 e. The van der Waals surface area contributed by atoms with E-state index in [1.807, 2.05) is 0 Å². The van der Waals surface area contributed by atoms with Crippen LogP contribution in [0, 0.1) is 11.7 Å². The molecule has 0 saturated heterocycles. The predicted molar refractivity (Wildman–Crippen MR) is 70.3 cm³/mol. The lowest BCUT2D eigenvalue weighted by Gasteiger charge is -2.23. The summed E-state index contributed by atoms with van der Waals surface area (Å²) in [5.41, 5.74) is 5.65. The van der Waals surface area contributed by atoms with E-state index in [1.165, 1.54) is 6.07 Å². The molecule has 0 bridgehead atoms. The van der Waals surface area contributed by atoms with Crippen molar-refractivity contribution in [3.63, 3.8) is 0 Å². The van der Waals surface area contributed by atoms with Crippen molar-refractivity contribution in [3.8, 4) is 5.75 Å². The van der Waals surface area contributed by atoms with Crippen LogP contribution in [0.1, 0.15) is 36.0 Å². The van der Waals surface area contributed by atoms with Gasteiger partial charge in [-0.05, 0) is 37.0 Å². The number of phenols is 1. The van der Waals surface area contributed by atoms with Gasteiger partial charge in [0.2, 0.25) is 0 Å². The first-order valence-corrected chi connectivity index (χ1v) is 6.61. The third-order valence-corrected chi connectivity index (χ3v) is 3.74. The molecule has 1 amide bonds. The number of nitrogens with one attached hydrogen (secondary N) is 1. The summed E-state index contributed by atoms with van der Waals surface area (Å²) < 4.78 is 13.1. The molecule has 1 unspecified atom stereocenters. The molecular weight excluding hydrogens is 247 g/mol. The molecule has 1 aliphatic rings. The number of carbonyl (C=O) groups excluding carboxylic acids is 1. The van der Waals surface area contributed by atoms with Crippen molar-refractivity contribution >= 4 is 5.91 Å². The van der Waals surface area contributed by atoms with Crippen molar-refractivity contribution in [1.82, 2.24) is 5.32 Å². The molecule has 0 spiro atoms. The summed E-state index contributed by atoms with van der Waals surface area (Å²) in [6.07, 6.45) is 4.42. The Hall–Kier alpha value is -1.62. The highest BCUT2D eigenvalue weighted by Gasteiger charge is 2.26. The van der Waals surface area contributed by atoms with Crippen molar-refractivity contribution in [2.75, 3.05) is 6.54 Å². The molecule has 1 aromatic carbocycles. The number of nitrogens with two attached hydrogens (primary N) is 1. The number of hydrogen-bond acceptors (Lipinski definition) is 3. The van der Waals surface area contributed by atoms with Crippen LogP contribution in [0.15, 0.2) is 18.2 Å². The summed E-state index contributed by atoms with van der Waals surface area (Å²) in [4.78, 5) is 12.1. The average Bonchev–Trinajstić information content (AvgIpc) is 2.92. The van der Waals surface area contributed by atoms with Gasteiger partial charge in [0.1, 0.15) is 11.6 Å². The standard InChI is InChI=1S/C14H19FN2O2/c15-10-5-6-13(18)11(7-10)14(19)17-12(8-16)9-3-1-2-4-9/h5-7,9,12,18H,1-4,8,16H2,(H,17,19). The van der Waals surface area contributed by atoms with Crippen LogP contribution < -0.4 is 11.1 Å². The third-order valence-electron chi connectivity index (χ3n) is 3.74. The van der Waals surface area contributed by atoms with Gasteiger partial charge in [0.05, 0.1) is 5.56 Å². The second-order valence-corrected chi connectivity index (χ2v) is 5.02. The Bertz CT molecular complexity index is 459. The van der Waals surface area contributed by atoms with Gasteiger partial charge < -0.3 is 16.2 Å². The van der Waals surface area contributed by atoms with Gasteiger partial charge >= 0.3 is 0 Å². The Morgan fingerprint density at radius 3 is 2.79 bits per heavy atom. The molecule has 0 heterocycles. The quantitative estimate of drug-likeness (QED) is 0.777. The topological polar surface area (TPSA) is 75.3 Å². The van der Waals surface area contributed by atoms with Gasteiger partial charge in [-0.2, -0.15) is 0 Å². The number of hydrogen-bond donors (Lipinski definition) is 3. The van der Waals surface area contributed by atoms with E-state index in [1.54, 1.807) is 0 Å². The van der Waals surface area contributed by atoms with E-state index >= 15 is 0 Å². The largest absolute Gasteiger partial charge is 0.507 e. The number of benzene rings is 1. The molecule has 104 valence electrons. The van der Waals surface area contributed by atoms with Crippen LogP contribution in [0.2, 0.25) is 0 Å². The molecule has 1 saturated carbocycles. The van der Waals surface area contributed by atoms with E-state index in [2.05, 4.69) is 5.32 Å². The summed E-state index contributed by atoms with van der Waals surface area (Å²) >= 11 is 0. The molecule has 19 heavy (non-hydrogen) atoms. The maximum atomic E-state index is 13.1. The van der Waals surface area contributed by atoms with Crippen LogP contribution in [-0.2, 0) is 0 Å². The molecular formula is C14H19FN2O2. The molecule has 2 rings (SSSR count). The van der Waals surface area contributed by atoms with Crippen LogP contribution in [-0.4, -0.2) is 23.6 Å². The van der Waals surface area contributed by atoms with Gasteiger partial charge in [-0.15, -0.1) is 0 Å². The van der Waals surface area contributed by atoms with Crippen LogP contribution in [0.3, 0.4) is 0 Å². The first kappa shape index (κ1) is 13.8. The number of rotatable bonds is 4. The predicted octanol–water partition coefficient (Wildman–Crippen LogP) is 1.78. The zero-order valence-corrected chi connectivity index (χ0v) is 10.7. The van der Waals surface area contributed by atoms with E-state index in [0.29, 0.717) is 12.5 Å². The van der Waals surface area contributed by atoms with Crippen molar-refractivity contribution in [2.24, 2.45) is 11.7 Å². The lowest BCUT2D eigenvalue weighted by atomic mass is 9.97. The van der Waals surface area contributed by atoms with E-state index in [0.717, 1.165) is 37.8 Å². The molecule has 0 aliphatic heterocycles. The second-order valence-electron chi connectivity index (χ2n) is 5.02. The van der Waals surface area contributed by atoms with Gasteiger partial charge in [0.25, 0.3) is 5.91 Å². The van der Waals surface area contributed by atoms with Crippen molar-refractivity contribution in [1.29, 1.82) is 0 Å². The van der Waals surface area contributed by atoms with E-state index in [4.69, 9.17) is 5.73 Å². The molecule has 5 heteroatoms. The highest BCUT2D eigenvalue weighted by molar-refractivity contribution is 5.97. The Morgan fingerprint density at radius 1 is 1.47 bits per heavy atom. The average molecular weight is 266 g/mol. The minimum Gasteiger partial charge on any atom is -0.507 e. The van der Waals surface area contributed by atoms with Crippen LogP contribution in [0.4, 0.5) is 4.39 Å². The minimum absolute atomic E-state index is 0.0450. The molecule has 4 N–H and O–H groups in total. The van der Waals surface area contributed by atoms with E-state index in [-0.39, 0.29) is 17.4 Å². The number of halogens is 1. The van der Waals surface area contributed by atoms with Gasteiger partial charge in [-0.25, -0.2) is 4.39 Å². The van der Waals surface area contributed by atoms with Gasteiger partial charge in [0, 0.05) is 12.6 Å². The Kier molecular flexibility index (Phi) is 4.37. The highest BCUT2D eigenvalue weighted by atomic mass is 19.1. The molecule has 1 aromatic rings. The Labute approximate surface area is 111 Å². The summed E-state index contributed by atoms with van der Waals surface area (Å²) in [5.74, 6) is -0.863. The SMILES string of the molecule is NCC(NC(=O)c1cc(F)ccc1O)C1CCCC1. The lowest BCUT2D eigenvalue weighted by molar-refractivity contribution is 0.0921. The second kappa shape index (κ2) is 6.02. The van der Waals surface area contributed by atoms with Gasteiger partial charge in [-0.1, -0.05) is 12.8 Å². The van der Waals surface area contributed by atoms with Crippen molar-refractivity contribution in [3.05, 3.63) is 29.6 Å². The summed E-state index contributed by atoms with van der Waals surface area (Å²) in [6, 6.07) is 3.21. The zero-order valence-electron chi connectivity index (χ0n) is 10.7. The first-order valence-electron chi connectivity index (χ1n) is 6.61. The summed E-state index contributed by atoms with van der Waals surface area (Å²) in [5, 5.41) is 12.4. The molecule has 1 fully saturated rings. The molecule has 0 radical (unpaired) electrons. The lowest BCUT2D eigenvalue weighted by Crippen LogP contribution is -2.44. The number of carbonyl (C=O) groups is 1. The van der Waals surface area contributed by atoms with Gasteiger partial charge in [-0.3, -0.25) is 4.79 Å². The van der Waals surface area contributed by atoms with Crippen LogP contribution >= 0.6 is 0 Å². The Balaban J connectivity index is 2.08. The van der Waals surface area contributed by atoms with Crippen LogP contribution in [0.5, 0.6) is 5.75 Å². The number of phenolic OH excluding ortho intramolecular Hbond substituents is 1. The van der Waals surface area contributed by atoms with E-state index in [9.17, 15) is 14.3 Å². The number of aromatic hydroxyl groups is 1. The minimum atomic E-state index is -0.548. The summed E-state index contributed by atoms with van der Waals surface area (Å²) in [7, 11) is 0. The van der Waals surface area contributed by atoms with Crippen LogP contribution in [0.25, 0.3) is 0 Å². The summed E-state index contributed by atoms with van der Waals surface area (Å²) in [6.45, 7) is 0.354. The fourth-order valence-electron chi connectivity index (χ4n) is 2.67. The normalized spacial score (nSPS) is 17.4. The first-order chi connectivity index (χ1) is 9.11. The third kappa shape index (κ3) is 3.23. The van der Waals surface area contributed by atoms with Gasteiger partial charge in [0.15, 0.2) is 0 Å². The molecule has 1 atom stereocenters.